The molecule has 29 heavy (non-hydrogen) atoms. The van der Waals surface area contributed by atoms with Crippen LogP contribution in [0.4, 0.5) is 0 Å². The van der Waals surface area contributed by atoms with Crippen molar-refractivity contribution in [1.29, 1.82) is 0 Å². The fourth-order valence-electron chi connectivity index (χ4n) is 3.12. The number of benzene rings is 2. The summed E-state index contributed by atoms with van der Waals surface area (Å²) in [7, 11) is -3.77. The van der Waals surface area contributed by atoms with E-state index in [2.05, 4.69) is 9.88 Å². The molecule has 1 aliphatic rings. The van der Waals surface area contributed by atoms with Crippen LogP contribution in [0.15, 0.2) is 51.9 Å². The molecule has 2 heterocycles. The molecule has 1 N–H and O–H groups in total. The van der Waals surface area contributed by atoms with Gasteiger partial charge in [0, 0.05) is 19.6 Å². The Labute approximate surface area is 168 Å². The van der Waals surface area contributed by atoms with Gasteiger partial charge in [0.15, 0.2) is 11.3 Å². The molecular weight excluding hydrogens is 394 g/mol. The van der Waals surface area contributed by atoms with Crippen LogP contribution in [0.1, 0.15) is 21.6 Å². The minimum atomic E-state index is -3.77. The smallest absolute Gasteiger partial charge is 0.276 e. The van der Waals surface area contributed by atoms with Crippen molar-refractivity contribution in [3.8, 4) is 0 Å². The van der Waals surface area contributed by atoms with E-state index in [0.717, 1.165) is 11.1 Å². The molecule has 152 valence electrons. The van der Waals surface area contributed by atoms with Crippen LogP contribution in [0, 0.1) is 6.92 Å². The maximum Gasteiger partial charge on any atom is 0.276 e. The van der Waals surface area contributed by atoms with E-state index in [9.17, 15) is 13.2 Å². The van der Waals surface area contributed by atoms with E-state index in [0.29, 0.717) is 37.3 Å². The first-order chi connectivity index (χ1) is 13.9. The van der Waals surface area contributed by atoms with Gasteiger partial charge in [-0.25, -0.2) is 13.1 Å². The Hall–Kier alpha value is -2.75. The van der Waals surface area contributed by atoms with Crippen LogP contribution in [0.2, 0.25) is 0 Å². The lowest BCUT2D eigenvalue weighted by Crippen LogP contribution is -2.40. The molecule has 1 saturated heterocycles. The van der Waals surface area contributed by atoms with Crippen LogP contribution in [0.3, 0.4) is 0 Å². The number of carbonyl (C=O) groups excluding carboxylic acids is 1. The first-order valence-corrected chi connectivity index (χ1v) is 10.7. The fourth-order valence-corrected chi connectivity index (χ4v) is 4.17. The largest absolute Gasteiger partial charge is 0.378 e. The standard InChI is InChI=1S/C20H21N3O5S/c1-14-2-4-15(5-3-14)13-21-29(25,26)16-6-7-18-17(12-16)19(22-28-18)20(24)23-8-10-27-11-9-23/h2-7,12,21H,8-11,13H2,1H3. The highest BCUT2D eigenvalue weighted by Crippen LogP contribution is 2.24. The zero-order valence-electron chi connectivity index (χ0n) is 15.9. The molecule has 1 fully saturated rings. The molecular formula is C20H21N3O5S. The van der Waals surface area contributed by atoms with Gasteiger partial charge < -0.3 is 14.2 Å². The van der Waals surface area contributed by atoms with Gasteiger partial charge in [-0.05, 0) is 30.7 Å². The second-order valence-electron chi connectivity index (χ2n) is 6.90. The Bertz CT molecular complexity index is 1130. The third-order valence-electron chi connectivity index (χ3n) is 4.84. The van der Waals surface area contributed by atoms with E-state index < -0.39 is 10.0 Å². The van der Waals surface area contributed by atoms with Crippen molar-refractivity contribution in [1.82, 2.24) is 14.8 Å². The van der Waals surface area contributed by atoms with Crippen molar-refractivity contribution in [2.45, 2.75) is 18.4 Å². The predicted octanol–water partition coefficient (Wildman–Crippen LogP) is 2.09. The summed E-state index contributed by atoms with van der Waals surface area (Å²) in [5.41, 5.74) is 2.43. The Balaban J connectivity index is 1.58. The highest BCUT2D eigenvalue weighted by Gasteiger charge is 2.25. The lowest BCUT2D eigenvalue weighted by molar-refractivity contribution is 0.0297. The average molecular weight is 415 g/mol. The van der Waals surface area contributed by atoms with Crippen molar-refractivity contribution in [2.24, 2.45) is 0 Å². The molecule has 0 spiro atoms. The second-order valence-corrected chi connectivity index (χ2v) is 8.67. The van der Waals surface area contributed by atoms with E-state index >= 15 is 0 Å². The Morgan fingerprint density at radius 3 is 2.59 bits per heavy atom. The second kappa shape index (κ2) is 7.94. The van der Waals surface area contributed by atoms with Gasteiger partial charge in [-0.2, -0.15) is 0 Å². The molecule has 0 unspecified atom stereocenters. The summed E-state index contributed by atoms with van der Waals surface area (Å²) in [5.74, 6) is -0.297. The number of nitrogens with one attached hydrogen (secondary N) is 1. The molecule has 1 aliphatic heterocycles. The maximum atomic E-state index is 12.8. The molecule has 0 radical (unpaired) electrons. The van der Waals surface area contributed by atoms with Gasteiger partial charge in [0.25, 0.3) is 5.91 Å². The van der Waals surface area contributed by atoms with Crippen LogP contribution in [0.5, 0.6) is 0 Å². The highest BCUT2D eigenvalue weighted by molar-refractivity contribution is 7.89. The van der Waals surface area contributed by atoms with Crippen LogP contribution in [-0.4, -0.2) is 50.7 Å². The summed E-state index contributed by atoms with van der Waals surface area (Å²) in [6.45, 7) is 3.99. The summed E-state index contributed by atoms with van der Waals surface area (Å²) < 4.78 is 38.6. The lowest BCUT2D eigenvalue weighted by Gasteiger charge is -2.25. The average Bonchev–Trinajstić information content (AvgIpc) is 3.17. The maximum absolute atomic E-state index is 12.8. The fraction of sp³-hybridized carbons (Fsp3) is 0.300. The number of carbonyl (C=O) groups is 1. The third kappa shape index (κ3) is 4.16. The summed E-state index contributed by atoms with van der Waals surface area (Å²) in [4.78, 5) is 14.4. The van der Waals surface area contributed by atoms with Gasteiger partial charge in [0.1, 0.15) is 0 Å². The van der Waals surface area contributed by atoms with Gasteiger partial charge in [-0.15, -0.1) is 0 Å². The zero-order chi connectivity index (χ0) is 20.4. The number of sulfonamides is 1. The number of fused-ring (bicyclic) bond motifs is 1. The molecule has 0 atom stereocenters. The van der Waals surface area contributed by atoms with Crippen molar-refractivity contribution < 1.29 is 22.5 Å². The van der Waals surface area contributed by atoms with E-state index in [1.165, 1.54) is 18.2 Å². The Kier molecular flexibility index (Phi) is 5.35. The van der Waals surface area contributed by atoms with E-state index in [4.69, 9.17) is 9.26 Å². The van der Waals surface area contributed by atoms with Gasteiger partial charge in [0.2, 0.25) is 10.0 Å². The van der Waals surface area contributed by atoms with Gasteiger partial charge in [-0.1, -0.05) is 35.0 Å². The van der Waals surface area contributed by atoms with Gasteiger partial charge in [-0.3, -0.25) is 4.79 Å². The van der Waals surface area contributed by atoms with Crippen molar-refractivity contribution in [3.05, 3.63) is 59.3 Å². The van der Waals surface area contributed by atoms with Crippen LogP contribution in [0.25, 0.3) is 11.0 Å². The number of ether oxygens (including phenoxy) is 1. The molecule has 0 aliphatic carbocycles. The van der Waals surface area contributed by atoms with Crippen molar-refractivity contribution in [2.75, 3.05) is 26.3 Å². The number of amides is 1. The Morgan fingerprint density at radius 2 is 1.86 bits per heavy atom. The van der Waals surface area contributed by atoms with Gasteiger partial charge in [0.05, 0.1) is 23.5 Å². The Morgan fingerprint density at radius 1 is 1.14 bits per heavy atom. The molecule has 8 nitrogen and oxygen atoms in total. The van der Waals surface area contributed by atoms with Gasteiger partial charge >= 0.3 is 0 Å². The minimum Gasteiger partial charge on any atom is -0.378 e. The molecule has 0 bridgehead atoms. The molecule has 1 amide bonds. The topological polar surface area (TPSA) is 102 Å². The molecule has 9 heteroatoms. The summed E-state index contributed by atoms with van der Waals surface area (Å²) in [5, 5.41) is 4.25. The van der Waals surface area contributed by atoms with E-state index in [1.54, 1.807) is 4.90 Å². The SMILES string of the molecule is Cc1ccc(CNS(=O)(=O)c2ccc3onc(C(=O)N4CCOCC4)c3c2)cc1. The number of aryl methyl sites for hydroxylation is 1. The summed E-state index contributed by atoms with van der Waals surface area (Å²) in [6, 6.07) is 12.0. The van der Waals surface area contributed by atoms with E-state index in [1.807, 2.05) is 31.2 Å². The zero-order valence-corrected chi connectivity index (χ0v) is 16.7. The van der Waals surface area contributed by atoms with Crippen LogP contribution in [-0.2, 0) is 21.3 Å². The molecule has 2 aromatic carbocycles. The van der Waals surface area contributed by atoms with Crippen LogP contribution >= 0.6 is 0 Å². The van der Waals surface area contributed by atoms with E-state index in [-0.39, 0.29) is 23.0 Å². The number of rotatable bonds is 5. The first-order valence-electron chi connectivity index (χ1n) is 9.26. The number of morpholine rings is 1. The molecule has 4 rings (SSSR count). The number of hydrogen-bond acceptors (Lipinski definition) is 6. The normalized spacial score (nSPS) is 15.0. The highest BCUT2D eigenvalue weighted by atomic mass is 32.2. The number of nitrogens with zero attached hydrogens (tertiary/aromatic N) is 2. The summed E-state index contributed by atoms with van der Waals surface area (Å²) >= 11 is 0. The molecule has 0 saturated carbocycles. The first kappa shape index (κ1) is 19.6. The lowest BCUT2D eigenvalue weighted by atomic mass is 10.2. The predicted molar refractivity (Wildman–Crippen MR) is 106 cm³/mol. The van der Waals surface area contributed by atoms with Crippen molar-refractivity contribution >= 4 is 26.9 Å². The monoisotopic (exact) mass is 415 g/mol. The number of hydrogen-bond donors (Lipinski definition) is 1. The minimum absolute atomic E-state index is 0.0522. The quantitative estimate of drug-likeness (QED) is 0.685. The van der Waals surface area contributed by atoms with Crippen molar-refractivity contribution in [3.63, 3.8) is 0 Å². The van der Waals surface area contributed by atoms with Crippen LogP contribution < -0.4 is 4.72 Å². The molecule has 1 aromatic heterocycles. The number of aromatic nitrogens is 1. The third-order valence-corrected chi connectivity index (χ3v) is 6.24. The summed E-state index contributed by atoms with van der Waals surface area (Å²) in [6.07, 6.45) is 0. The molecule has 3 aromatic rings.